The molecule has 4 aliphatic rings. The van der Waals surface area contributed by atoms with Gasteiger partial charge in [-0.25, -0.2) is 0 Å². The minimum absolute atomic E-state index is 0.0113. The monoisotopic (exact) mass is 388 g/mol. The summed E-state index contributed by atoms with van der Waals surface area (Å²) < 4.78 is 11.8. The van der Waals surface area contributed by atoms with Gasteiger partial charge in [0.05, 0.1) is 18.8 Å². The topological polar surface area (TPSA) is 35.5 Å². The van der Waals surface area contributed by atoms with Crippen LogP contribution in [0.2, 0.25) is 0 Å². The number of carbonyl (C=O) groups excluding carboxylic acids is 1. The molecule has 0 radical (unpaired) electrons. The highest BCUT2D eigenvalue weighted by molar-refractivity contribution is 5.69. The lowest BCUT2D eigenvalue weighted by Crippen LogP contribution is -2.54. The van der Waals surface area contributed by atoms with E-state index in [2.05, 4.69) is 32.9 Å². The van der Waals surface area contributed by atoms with Gasteiger partial charge in [-0.1, -0.05) is 39.3 Å². The summed E-state index contributed by atoms with van der Waals surface area (Å²) in [6, 6.07) is 0. The highest BCUT2D eigenvalue weighted by Crippen LogP contribution is 2.62. The van der Waals surface area contributed by atoms with E-state index < -0.39 is 0 Å². The summed E-state index contributed by atoms with van der Waals surface area (Å²) in [6.45, 7) is 7.29. The molecular formula is C25H40O3. The van der Waals surface area contributed by atoms with Crippen LogP contribution in [0.3, 0.4) is 0 Å². The third-order valence-electron chi connectivity index (χ3n) is 9.06. The van der Waals surface area contributed by atoms with Crippen LogP contribution in [0.25, 0.3) is 0 Å². The van der Waals surface area contributed by atoms with Gasteiger partial charge in [-0.2, -0.15) is 0 Å². The summed E-state index contributed by atoms with van der Waals surface area (Å²) in [5, 5.41) is 0. The first kappa shape index (κ1) is 20.4. The SMILES string of the molecule is COC(=O)CC[C@@H](C)[C@H]1CC[C@H]2[C@H]3CC[C@@H](C)C[C@H]4CCC[C@]3(C=C[C@@]12C)O4. The highest BCUT2D eigenvalue weighted by Gasteiger charge is 2.58. The maximum atomic E-state index is 11.6. The molecule has 158 valence electrons. The molecule has 2 heterocycles. The normalized spacial score (nSPS) is 46.1. The van der Waals surface area contributed by atoms with Crippen molar-refractivity contribution < 1.29 is 14.3 Å². The average Bonchev–Trinajstić information content (AvgIpc) is 3.02. The summed E-state index contributed by atoms with van der Waals surface area (Å²) in [5.74, 6) is 3.34. The number of ether oxygens (including phenoxy) is 2. The number of allylic oxidation sites excluding steroid dienone is 1. The minimum atomic E-state index is -0.0691. The quantitative estimate of drug-likeness (QED) is 0.443. The summed E-state index contributed by atoms with van der Waals surface area (Å²) in [6.07, 6.45) is 17.4. The van der Waals surface area contributed by atoms with E-state index in [1.54, 1.807) is 0 Å². The molecule has 1 spiro atoms. The maximum Gasteiger partial charge on any atom is 0.305 e. The summed E-state index contributed by atoms with van der Waals surface area (Å²) in [7, 11) is 1.50. The predicted octanol–water partition coefficient (Wildman–Crippen LogP) is 5.92. The molecule has 2 bridgehead atoms. The van der Waals surface area contributed by atoms with Gasteiger partial charge in [-0.15, -0.1) is 0 Å². The van der Waals surface area contributed by atoms with Crippen molar-refractivity contribution >= 4 is 5.97 Å². The van der Waals surface area contributed by atoms with Crippen LogP contribution in [0.4, 0.5) is 0 Å². The number of esters is 1. The molecule has 2 aliphatic carbocycles. The van der Waals surface area contributed by atoms with Crippen molar-refractivity contribution in [2.24, 2.45) is 35.0 Å². The molecule has 0 aromatic heterocycles. The van der Waals surface area contributed by atoms with Gasteiger partial charge in [-0.05, 0) is 86.4 Å². The van der Waals surface area contributed by atoms with Crippen molar-refractivity contribution in [3.63, 3.8) is 0 Å². The molecule has 0 amide bonds. The van der Waals surface area contributed by atoms with Crippen LogP contribution in [0.5, 0.6) is 0 Å². The molecule has 0 aromatic rings. The number of rotatable bonds is 4. The van der Waals surface area contributed by atoms with Crippen LogP contribution in [-0.4, -0.2) is 24.8 Å². The fourth-order valence-electron chi connectivity index (χ4n) is 7.54. The third-order valence-corrected chi connectivity index (χ3v) is 9.06. The molecular weight excluding hydrogens is 348 g/mol. The molecule has 2 aliphatic heterocycles. The molecule has 28 heavy (non-hydrogen) atoms. The lowest BCUT2D eigenvalue weighted by Gasteiger charge is -2.55. The fraction of sp³-hybridized carbons (Fsp3) is 0.880. The van der Waals surface area contributed by atoms with Gasteiger partial charge in [0, 0.05) is 6.42 Å². The van der Waals surface area contributed by atoms with Gasteiger partial charge in [0.25, 0.3) is 0 Å². The van der Waals surface area contributed by atoms with Crippen LogP contribution >= 0.6 is 0 Å². The smallest absolute Gasteiger partial charge is 0.305 e. The molecule has 3 fully saturated rings. The summed E-state index contributed by atoms with van der Waals surface area (Å²) in [5.41, 5.74) is 0.265. The molecule has 1 saturated carbocycles. The Morgan fingerprint density at radius 2 is 1.96 bits per heavy atom. The van der Waals surface area contributed by atoms with Gasteiger partial charge in [0.15, 0.2) is 0 Å². The highest BCUT2D eigenvalue weighted by atomic mass is 16.5. The Balaban J connectivity index is 1.57. The maximum absolute atomic E-state index is 11.6. The Kier molecular flexibility index (Phi) is 5.68. The fourth-order valence-corrected chi connectivity index (χ4v) is 7.54. The Morgan fingerprint density at radius 3 is 2.75 bits per heavy atom. The van der Waals surface area contributed by atoms with Crippen molar-refractivity contribution in [3.05, 3.63) is 12.2 Å². The van der Waals surface area contributed by atoms with Crippen LogP contribution in [0.1, 0.15) is 85.0 Å². The van der Waals surface area contributed by atoms with E-state index in [4.69, 9.17) is 9.47 Å². The van der Waals surface area contributed by atoms with Gasteiger partial charge in [0.1, 0.15) is 0 Å². The van der Waals surface area contributed by atoms with Crippen molar-refractivity contribution in [2.75, 3.05) is 7.11 Å². The molecule has 3 heteroatoms. The number of fused-ring (bicyclic) bond motifs is 3. The lowest BCUT2D eigenvalue weighted by atomic mass is 9.56. The Bertz CT molecular complexity index is 613. The zero-order chi connectivity index (χ0) is 19.9. The average molecular weight is 389 g/mol. The van der Waals surface area contributed by atoms with Gasteiger partial charge < -0.3 is 9.47 Å². The minimum Gasteiger partial charge on any atom is -0.469 e. The molecule has 8 atom stereocenters. The molecule has 0 unspecified atom stereocenters. The molecule has 0 N–H and O–H groups in total. The third kappa shape index (κ3) is 3.46. The van der Waals surface area contributed by atoms with E-state index >= 15 is 0 Å². The lowest BCUT2D eigenvalue weighted by molar-refractivity contribution is -0.170. The van der Waals surface area contributed by atoms with Crippen LogP contribution in [0, 0.1) is 35.0 Å². The van der Waals surface area contributed by atoms with Gasteiger partial charge in [-0.3, -0.25) is 4.79 Å². The van der Waals surface area contributed by atoms with E-state index in [-0.39, 0.29) is 17.0 Å². The Labute approximate surface area is 171 Å². The van der Waals surface area contributed by atoms with Crippen molar-refractivity contribution in [1.29, 1.82) is 0 Å². The molecule has 0 aromatic carbocycles. The van der Waals surface area contributed by atoms with Gasteiger partial charge in [0.2, 0.25) is 0 Å². The number of hydrogen-bond donors (Lipinski definition) is 0. The Morgan fingerprint density at radius 1 is 1.18 bits per heavy atom. The molecule has 4 rings (SSSR count). The first-order valence-electron chi connectivity index (χ1n) is 11.8. The zero-order valence-electron chi connectivity index (χ0n) is 18.4. The van der Waals surface area contributed by atoms with Crippen molar-refractivity contribution in [2.45, 2.75) is 96.7 Å². The number of carbonyl (C=O) groups is 1. The second-order valence-electron chi connectivity index (χ2n) is 10.7. The van der Waals surface area contributed by atoms with Crippen molar-refractivity contribution in [3.8, 4) is 0 Å². The standard InChI is InChI=1S/C25H40O3/c1-17-7-9-22-21-11-10-20(18(2)8-12-23(26)27-4)24(21,3)14-15-25(22)13-5-6-19(16-17)28-25/h14-15,17-22H,5-13,16H2,1-4H3/t17-,18-,19-,20-,21+,22-,24+,25-/m1/s1. The first-order valence-corrected chi connectivity index (χ1v) is 11.8. The van der Waals surface area contributed by atoms with E-state index in [0.29, 0.717) is 30.3 Å². The number of methoxy groups -OCH3 is 1. The van der Waals surface area contributed by atoms with E-state index in [9.17, 15) is 4.79 Å². The van der Waals surface area contributed by atoms with Crippen LogP contribution in [0.15, 0.2) is 12.2 Å². The zero-order valence-corrected chi connectivity index (χ0v) is 18.4. The Hall–Kier alpha value is -0.830. The summed E-state index contributed by atoms with van der Waals surface area (Å²) >= 11 is 0. The van der Waals surface area contributed by atoms with Crippen molar-refractivity contribution in [1.82, 2.24) is 0 Å². The van der Waals surface area contributed by atoms with Crippen LogP contribution < -0.4 is 0 Å². The van der Waals surface area contributed by atoms with Crippen LogP contribution in [-0.2, 0) is 14.3 Å². The molecule has 2 saturated heterocycles. The number of hydrogen-bond acceptors (Lipinski definition) is 3. The second kappa shape index (κ2) is 7.78. The van der Waals surface area contributed by atoms with E-state index in [0.717, 1.165) is 18.3 Å². The van der Waals surface area contributed by atoms with Gasteiger partial charge >= 0.3 is 5.97 Å². The predicted molar refractivity (Wildman–Crippen MR) is 112 cm³/mol. The summed E-state index contributed by atoms with van der Waals surface area (Å²) in [4.78, 5) is 11.6. The van der Waals surface area contributed by atoms with E-state index in [1.165, 1.54) is 58.5 Å². The first-order chi connectivity index (χ1) is 13.4. The van der Waals surface area contributed by atoms with E-state index in [1.807, 2.05) is 0 Å². The molecule has 3 nitrogen and oxygen atoms in total. The largest absolute Gasteiger partial charge is 0.469 e. The second-order valence-corrected chi connectivity index (χ2v) is 10.7.